The molecule has 1 aromatic carbocycles. The maximum Gasteiger partial charge on any atom is 0.416 e. The SMILES string of the molecule is CC1=Nc2cc(C(F)(F)F)ccc2OC1C. The van der Waals surface area contributed by atoms with Gasteiger partial charge >= 0.3 is 6.18 Å². The van der Waals surface area contributed by atoms with Crippen molar-refractivity contribution in [1.29, 1.82) is 0 Å². The van der Waals surface area contributed by atoms with Crippen LogP contribution in [0.5, 0.6) is 5.75 Å². The van der Waals surface area contributed by atoms with E-state index in [9.17, 15) is 13.2 Å². The zero-order valence-corrected chi connectivity index (χ0v) is 8.80. The highest BCUT2D eigenvalue weighted by atomic mass is 19.4. The first-order valence-electron chi connectivity index (χ1n) is 4.81. The fourth-order valence-corrected chi connectivity index (χ4v) is 1.44. The monoisotopic (exact) mass is 229 g/mol. The van der Waals surface area contributed by atoms with E-state index in [1.54, 1.807) is 13.8 Å². The van der Waals surface area contributed by atoms with Crippen molar-refractivity contribution in [2.24, 2.45) is 4.99 Å². The third-order valence-corrected chi connectivity index (χ3v) is 2.48. The van der Waals surface area contributed by atoms with Crippen molar-refractivity contribution in [3.63, 3.8) is 0 Å². The highest BCUT2D eigenvalue weighted by Gasteiger charge is 2.32. The number of alkyl halides is 3. The first kappa shape index (κ1) is 11.0. The van der Waals surface area contributed by atoms with Crippen LogP contribution in [0.2, 0.25) is 0 Å². The lowest BCUT2D eigenvalue weighted by molar-refractivity contribution is -0.137. The Kier molecular flexibility index (Phi) is 2.40. The molecule has 0 aliphatic carbocycles. The molecule has 1 atom stereocenters. The summed E-state index contributed by atoms with van der Waals surface area (Å²) in [6.45, 7) is 3.54. The molecule has 16 heavy (non-hydrogen) atoms. The van der Waals surface area contributed by atoms with Crippen LogP contribution >= 0.6 is 0 Å². The Morgan fingerprint density at radius 3 is 2.62 bits per heavy atom. The highest BCUT2D eigenvalue weighted by Crippen LogP contribution is 2.38. The first-order valence-corrected chi connectivity index (χ1v) is 4.81. The van der Waals surface area contributed by atoms with E-state index in [4.69, 9.17) is 4.74 Å². The summed E-state index contributed by atoms with van der Waals surface area (Å²) >= 11 is 0. The first-order chi connectivity index (χ1) is 7.38. The average molecular weight is 229 g/mol. The van der Waals surface area contributed by atoms with Crippen molar-refractivity contribution in [2.45, 2.75) is 26.1 Å². The molecule has 1 aliphatic heterocycles. The standard InChI is InChI=1S/C11H10F3NO/c1-6-7(2)16-10-4-3-8(11(12,13)14)5-9(10)15-6/h3-5,7H,1-2H3. The van der Waals surface area contributed by atoms with E-state index in [0.29, 0.717) is 11.5 Å². The van der Waals surface area contributed by atoms with Crippen LogP contribution in [0.15, 0.2) is 23.2 Å². The van der Waals surface area contributed by atoms with Crippen LogP contribution in [0.4, 0.5) is 18.9 Å². The molecule has 1 aromatic rings. The third-order valence-electron chi connectivity index (χ3n) is 2.48. The molecule has 1 unspecified atom stereocenters. The summed E-state index contributed by atoms with van der Waals surface area (Å²) in [6.07, 6.45) is -4.54. The molecule has 0 N–H and O–H groups in total. The number of benzene rings is 1. The second kappa shape index (κ2) is 3.50. The fourth-order valence-electron chi connectivity index (χ4n) is 1.44. The molecule has 0 radical (unpaired) electrons. The molecule has 0 amide bonds. The van der Waals surface area contributed by atoms with E-state index in [2.05, 4.69) is 4.99 Å². The van der Waals surface area contributed by atoms with Crippen LogP contribution in [0, 0.1) is 0 Å². The summed E-state index contributed by atoms with van der Waals surface area (Å²) in [5.41, 5.74) is 0.207. The van der Waals surface area contributed by atoms with Crippen molar-refractivity contribution >= 4 is 11.4 Å². The Morgan fingerprint density at radius 1 is 1.31 bits per heavy atom. The van der Waals surface area contributed by atoms with Crippen LogP contribution in [-0.4, -0.2) is 11.8 Å². The van der Waals surface area contributed by atoms with Gasteiger partial charge in [0.1, 0.15) is 17.5 Å². The van der Waals surface area contributed by atoms with Crippen LogP contribution in [0.1, 0.15) is 19.4 Å². The normalized spacial score (nSPS) is 19.8. The summed E-state index contributed by atoms with van der Waals surface area (Å²) in [4.78, 5) is 4.09. The van der Waals surface area contributed by atoms with Crippen LogP contribution < -0.4 is 4.74 Å². The Hall–Kier alpha value is -1.52. The number of hydrogen-bond acceptors (Lipinski definition) is 2. The number of nitrogens with zero attached hydrogens (tertiary/aromatic N) is 1. The second-order valence-corrected chi connectivity index (χ2v) is 3.69. The molecule has 2 nitrogen and oxygen atoms in total. The molecular formula is C11H10F3NO. The Bertz CT molecular complexity index is 451. The molecule has 1 aliphatic rings. The molecule has 1 heterocycles. The Labute approximate surface area is 90.8 Å². The van der Waals surface area contributed by atoms with Gasteiger partial charge in [0.15, 0.2) is 0 Å². The van der Waals surface area contributed by atoms with E-state index in [-0.39, 0.29) is 11.8 Å². The summed E-state index contributed by atoms with van der Waals surface area (Å²) in [5.74, 6) is 0.395. The van der Waals surface area contributed by atoms with Gasteiger partial charge in [0.05, 0.1) is 11.3 Å². The minimum absolute atomic E-state index is 0.191. The van der Waals surface area contributed by atoms with Gasteiger partial charge in [0, 0.05) is 0 Å². The molecule has 0 aromatic heterocycles. The van der Waals surface area contributed by atoms with Gasteiger partial charge in [-0.15, -0.1) is 0 Å². The largest absolute Gasteiger partial charge is 0.483 e. The molecule has 86 valence electrons. The molecule has 0 spiro atoms. The topological polar surface area (TPSA) is 21.6 Å². The van der Waals surface area contributed by atoms with Crippen LogP contribution in [-0.2, 0) is 6.18 Å². The molecule has 0 saturated carbocycles. The minimum Gasteiger partial charge on any atom is -0.483 e. The van der Waals surface area contributed by atoms with E-state index < -0.39 is 11.7 Å². The number of rotatable bonds is 0. The maximum absolute atomic E-state index is 12.4. The predicted molar refractivity (Wildman–Crippen MR) is 54.3 cm³/mol. The summed E-state index contributed by atoms with van der Waals surface area (Å²) in [7, 11) is 0. The van der Waals surface area contributed by atoms with Crippen molar-refractivity contribution in [1.82, 2.24) is 0 Å². The quantitative estimate of drug-likeness (QED) is 0.666. The van der Waals surface area contributed by atoms with E-state index >= 15 is 0 Å². The van der Waals surface area contributed by atoms with Gasteiger partial charge in [0.25, 0.3) is 0 Å². The molecule has 2 rings (SSSR count). The lowest BCUT2D eigenvalue weighted by Gasteiger charge is -2.22. The lowest BCUT2D eigenvalue weighted by atomic mass is 10.1. The van der Waals surface area contributed by atoms with Gasteiger partial charge in [-0.1, -0.05) is 0 Å². The molecule has 0 bridgehead atoms. The zero-order chi connectivity index (χ0) is 11.9. The van der Waals surface area contributed by atoms with Crippen LogP contribution in [0.3, 0.4) is 0 Å². The molecule has 0 fully saturated rings. The van der Waals surface area contributed by atoms with Gasteiger partial charge in [-0.25, -0.2) is 0 Å². The maximum atomic E-state index is 12.4. The van der Waals surface area contributed by atoms with Gasteiger partial charge in [-0.2, -0.15) is 13.2 Å². The molecular weight excluding hydrogens is 219 g/mol. The Balaban J connectivity index is 2.47. The third kappa shape index (κ3) is 1.89. The fraction of sp³-hybridized carbons (Fsp3) is 0.364. The van der Waals surface area contributed by atoms with Gasteiger partial charge in [-0.05, 0) is 32.0 Å². The number of hydrogen-bond donors (Lipinski definition) is 0. The number of halogens is 3. The smallest absolute Gasteiger partial charge is 0.416 e. The number of aliphatic imine (C=N–C) groups is 1. The highest BCUT2D eigenvalue weighted by molar-refractivity contribution is 5.91. The molecule has 0 saturated heterocycles. The van der Waals surface area contributed by atoms with Crippen molar-refractivity contribution in [3.8, 4) is 5.75 Å². The van der Waals surface area contributed by atoms with E-state index in [1.807, 2.05) is 0 Å². The van der Waals surface area contributed by atoms with E-state index in [0.717, 1.165) is 12.1 Å². The number of fused-ring (bicyclic) bond motifs is 1. The van der Waals surface area contributed by atoms with Crippen molar-refractivity contribution in [3.05, 3.63) is 23.8 Å². The van der Waals surface area contributed by atoms with E-state index in [1.165, 1.54) is 6.07 Å². The van der Waals surface area contributed by atoms with Crippen molar-refractivity contribution in [2.75, 3.05) is 0 Å². The predicted octanol–water partition coefficient (Wildman–Crippen LogP) is 3.58. The Morgan fingerprint density at radius 2 is 2.00 bits per heavy atom. The van der Waals surface area contributed by atoms with Gasteiger partial charge < -0.3 is 4.74 Å². The molecule has 5 heteroatoms. The minimum atomic E-state index is -4.35. The number of ether oxygens (including phenoxy) is 1. The van der Waals surface area contributed by atoms with Crippen LogP contribution in [0.25, 0.3) is 0 Å². The van der Waals surface area contributed by atoms with Gasteiger partial charge in [-0.3, -0.25) is 4.99 Å². The summed E-state index contributed by atoms with van der Waals surface area (Å²) in [6, 6.07) is 3.32. The van der Waals surface area contributed by atoms with Gasteiger partial charge in [0.2, 0.25) is 0 Å². The second-order valence-electron chi connectivity index (χ2n) is 3.69. The van der Waals surface area contributed by atoms with Crippen molar-refractivity contribution < 1.29 is 17.9 Å². The average Bonchev–Trinajstić information content (AvgIpc) is 2.17. The summed E-state index contributed by atoms with van der Waals surface area (Å²) < 4.78 is 42.7. The zero-order valence-electron chi connectivity index (χ0n) is 8.80. The lowest BCUT2D eigenvalue weighted by Crippen LogP contribution is -2.23. The summed E-state index contributed by atoms with van der Waals surface area (Å²) in [5, 5.41) is 0.